The zero-order valence-electron chi connectivity index (χ0n) is 19.4. The van der Waals surface area contributed by atoms with E-state index in [2.05, 4.69) is 4.98 Å². The summed E-state index contributed by atoms with van der Waals surface area (Å²) in [5.74, 6) is -0.478. The van der Waals surface area contributed by atoms with Crippen LogP contribution in [0.3, 0.4) is 0 Å². The molecule has 0 saturated carbocycles. The van der Waals surface area contributed by atoms with Crippen molar-refractivity contribution in [2.24, 2.45) is 0 Å². The molecule has 1 atom stereocenters. The van der Waals surface area contributed by atoms with Gasteiger partial charge in [0.1, 0.15) is 5.75 Å². The fourth-order valence-corrected chi connectivity index (χ4v) is 4.76. The maximum Gasteiger partial charge on any atom is 0.290 e. The summed E-state index contributed by atoms with van der Waals surface area (Å²) in [6, 6.07) is 23.9. The largest absolute Gasteiger partial charge is 0.503 e. The molecule has 3 aromatic carbocycles. The SMILES string of the molecule is COc1ccc2[nH]cc(CCN3C(=O)C(O)=C(C(=O)Cc4ccccc4)C3c3ccccc3)c2c1. The third-order valence-corrected chi connectivity index (χ3v) is 6.52. The summed E-state index contributed by atoms with van der Waals surface area (Å²) in [7, 11) is 1.63. The molecular weight excluding hydrogens is 440 g/mol. The maximum absolute atomic E-state index is 13.4. The summed E-state index contributed by atoms with van der Waals surface area (Å²) >= 11 is 0. The first-order chi connectivity index (χ1) is 17.1. The lowest BCUT2D eigenvalue weighted by Gasteiger charge is -2.27. The molecule has 0 spiro atoms. The smallest absolute Gasteiger partial charge is 0.290 e. The summed E-state index contributed by atoms with van der Waals surface area (Å²) in [4.78, 5) is 31.4. The van der Waals surface area contributed by atoms with Crippen molar-refractivity contribution in [1.82, 2.24) is 9.88 Å². The van der Waals surface area contributed by atoms with E-state index in [9.17, 15) is 14.7 Å². The number of hydrogen-bond acceptors (Lipinski definition) is 4. The molecule has 0 aliphatic carbocycles. The van der Waals surface area contributed by atoms with Crippen LogP contribution in [0.15, 0.2) is 96.4 Å². The lowest BCUT2D eigenvalue weighted by atomic mass is 9.93. The van der Waals surface area contributed by atoms with Crippen LogP contribution in [-0.2, 0) is 22.4 Å². The van der Waals surface area contributed by atoms with Crippen LogP contribution >= 0.6 is 0 Å². The number of carbonyl (C=O) groups excluding carboxylic acids is 2. The summed E-state index contributed by atoms with van der Waals surface area (Å²) < 4.78 is 5.36. The molecule has 1 amide bonds. The molecule has 1 aliphatic rings. The highest BCUT2D eigenvalue weighted by atomic mass is 16.5. The second kappa shape index (κ2) is 9.50. The third-order valence-electron chi connectivity index (χ3n) is 6.52. The zero-order valence-corrected chi connectivity index (χ0v) is 19.4. The first kappa shape index (κ1) is 22.5. The number of Topliss-reactive ketones (excluding diaryl/α,β-unsaturated/α-hetero) is 1. The highest BCUT2D eigenvalue weighted by Gasteiger charge is 2.43. The van der Waals surface area contributed by atoms with Gasteiger partial charge in [0.25, 0.3) is 5.91 Å². The second-order valence-electron chi connectivity index (χ2n) is 8.64. The van der Waals surface area contributed by atoms with Crippen LogP contribution in [-0.4, -0.2) is 40.3 Å². The zero-order chi connectivity index (χ0) is 24.4. The Bertz CT molecular complexity index is 1410. The van der Waals surface area contributed by atoms with E-state index in [1.165, 1.54) is 0 Å². The Morgan fingerprint density at radius 2 is 1.74 bits per heavy atom. The number of aromatic nitrogens is 1. The molecule has 0 bridgehead atoms. The number of nitrogens with zero attached hydrogens (tertiary/aromatic N) is 1. The van der Waals surface area contributed by atoms with Crippen molar-refractivity contribution in [2.75, 3.05) is 13.7 Å². The van der Waals surface area contributed by atoms with Crippen LogP contribution in [0.2, 0.25) is 0 Å². The van der Waals surface area contributed by atoms with Gasteiger partial charge in [-0.15, -0.1) is 0 Å². The maximum atomic E-state index is 13.4. The fourth-order valence-electron chi connectivity index (χ4n) is 4.76. The number of ketones is 1. The van der Waals surface area contributed by atoms with Crippen LogP contribution in [0, 0.1) is 0 Å². The highest BCUT2D eigenvalue weighted by molar-refractivity contribution is 6.09. The van der Waals surface area contributed by atoms with Gasteiger partial charge in [0.05, 0.1) is 18.7 Å². The molecule has 2 N–H and O–H groups in total. The topological polar surface area (TPSA) is 82.6 Å². The number of H-pyrrole nitrogens is 1. The van der Waals surface area contributed by atoms with E-state index in [0.29, 0.717) is 13.0 Å². The Morgan fingerprint density at radius 3 is 2.46 bits per heavy atom. The summed E-state index contributed by atoms with van der Waals surface area (Å²) in [5, 5.41) is 11.9. The number of amides is 1. The monoisotopic (exact) mass is 466 g/mol. The number of carbonyl (C=O) groups is 2. The molecule has 0 radical (unpaired) electrons. The van der Waals surface area contributed by atoms with Gasteiger partial charge in [0.2, 0.25) is 0 Å². The number of aliphatic hydroxyl groups is 1. The first-order valence-corrected chi connectivity index (χ1v) is 11.6. The van der Waals surface area contributed by atoms with Gasteiger partial charge in [-0.3, -0.25) is 9.59 Å². The van der Waals surface area contributed by atoms with Gasteiger partial charge in [0, 0.05) is 30.1 Å². The molecule has 1 unspecified atom stereocenters. The molecule has 6 nitrogen and oxygen atoms in total. The van der Waals surface area contributed by atoms with Gasteiger partial charge in [-0.25, -0.2) is 0 Å². The van der Waals surface area contributed by atoms with Gasteiger partial charge >= 0.3 is 0 Å². The average molecular weight is 467 g/mol. The lowest BCUT2D eigenvalue weighted by Crippen LogP contribution is -2.33. The minimum Gasteiger partial charge on any atom is -0.503 e. The van der Waals surface area contributed by atoms with E-state index in [4.69, 9.17) is 4.74 Å². The molecule has 35 heavy (non-hydrogen) atoms. The second-order valence-corrected chi connectivity index (χ2v) is 8.64. The Hall–Kier alpha value is -4.32. The average Bonchev–Trinajstić information content (AvgIpc) is 3.41. The van der Waals surface area contributed by atoms with E-state index in [1.54, 1.807) is 12.0 Å². The molecule has 0 fully saturated rings. The quantitative estimate of drug-likeness (QED) is 0.386. The van der Waals surface area contributed by atoms with Crippen molar-refractivity contribution in [3.63, 3.8) is 0 Å². The third kappa shape index (κ3) is 4.30. The molecule has 176 valence electrons. The van der Waals surface area contributed by atoms with Crippen molar-refractivity contribution in [2.45, 2.75) is 18.9 Å². The van der Waals surface area contributed by atoms with Gasteiger partial charge in [-0.2, -0.15) is 0 Å². The van der Waals surface area contributed by atoms with E-state index in [1.807, 2.05) is 85.1 Å². The number of nitrogens with one attached hydrogen (secondary N) is 1. The number of aliphatic hydroxyl groups excluding tert-OH is 1. The molecule has 1 aliphatic heterocycles. The van der Waals surface area contributed by atoms with E-state index < -0.39 is 17.7 Å². The van der Waals surface area contributed by atoms with Gasteiger partial charge in [0.15, 0.2) is 11.5 Å². The number of benzene rings is 3. The van der Waals surface area contributed by atoms with E-state index in [-0.39, 0.29) is 17.8 Å². The number of methoxy groups -OCH3 is 1. The predicted molar refractivity (Wildman–Crippen MR) is 134 cm³/mol. The van der Waals surface area contributed by atoms with Crippen molar-refractivity contribution in [3.05, 3.63) is 113 Å². The molecule has 5 rings (SSSR count). The minimum absolute atomic E-state index is 0.118. The van der Waals surface area contributed by atoms with Crippen molar-refractivity contribution < 1.29 is 19.4 Å². The minimum atomic E-state index is -0.639. The molecule has 1 aromatic heterocycles. The van der Waals surface area contributed by atoms with E-state index >= 15 is 0 Å². The van der Waals surface area contributed by atoms with Crippen molar-refractivity contribution >= 4 is 22.6 Å². The molecular formula is C29H26N2O4. The van der Waals surface area contributed by atoms with Crippen LogP contribution in [0.4, 0.5) is 0 Å². The number of aromatic amines is 1. The van der Waals surface area contributed by atoms with Crippen molar-refractivity contribution in [3.8, 4) is 5.75 Å². The predicted octanol–water partition coefficient (Wildman–Crippen LogP) is 4.93. The van der Waals surface area contributed by atoms with Crippen molar-refractivity contribution in [1.29, 1.82) is 0 Å². The van der Waals surface area contributed by atoms with Crippen LogP contribution < -0.4 is 4.74 Å². The summed E-state index contributed by atoms with van der Waals surface area (Å²) in [6.07, 6.45) is 2.60. The van der Waals surface area contributed by atoms with Crippen LogP contribution in [0.1, 0.15) is 22.7 Å². The van der Waals surface area contributed by atoms with E-state index in [0.717, 1.165) is 33.3 Å². The Labute approximate surface area is 203 Å². The first-order valence-electron chi connectivity index (χ1n) is 11.6. The Kier molecular flexibility index (Phi) is 6.10. The standard InChI is InChI=1S/C29H26N2O4/c1-35-22-12-13-24-23(17-22)21(18-30-24)14-15-31-27(20-10-6-3-7-11-20)26(28(33)29(31)34)25(32)16-19-8-4-2-5-9-19/h2-13,17-18,27,30,33H,14-16H2,1H3. The highest BCUT2D eigenvalue weighted by Crippen LogP contribution is 2.38. The number of rotatable bonds is 8. The fraction of sp³-hybridized carbons (Fsp3) is 0.172. The van der Waals surface area contributed by atoms with Gasteiger partial charge in [-0.05, 0) is 41.3 Å². The summed E-state index contributed by atoms with van der Waals surface area (Å²) in [5.41, 5.74) is 3.80. The molecule has 2 heterocycles. The Morgan fingerprint density at radius 1 is 1.03 bits per heavy atom. The Balaban J connectivity index is 1.45. The van der Waals surface area contributed by atoms with Gasteiger partial charge < -0.3 is 19.7 Å². The molecule has 0 saturated heterocycles. The summed E-state index contributed by atoms with van der Waals surface area (Å²) in [6.45, 7) is 0.342. The molecule has 4 aromatic rings. The van der Waals surface area contributed by atoms with Crippen LogP contribution in [0.25, 0.3) is 10.9 Å². The van der Waals surface area contributed by atoms with Gasteiger partial charge in [-0.1, -0.05) is 60.7 Å². The molecule has 6 heteroatoms. The van der Waals surface area contributed by atoms with Crippen LogP contribution in [0.5, 0.6) is 5.75 Å². The number of hydrogen-bond donors (Lipinski definition) is 2. The number of fused-ring (bicyclic) bond motifs is 1. The normalized spacial score (nSPS) is 15.7. The lowest BCUT2D eigenvalue weighted by molar-refractivity contribution is -0.129. The number of ether oxygens (including phenoxy) is 1.